The predicted octanol–water partition coefficient (Wildman–Crippen LogP) is 1.66. The molecule has 0 aliphatic carbocycles. The Bertz CT molecular complexity index is 658. The average molecular weight is 267 g/mol. The fourth-order valence-corrected chi connectivity index (χ4v) is 1.96. The summed E-state index contributed by atoms with van der Waals surface area (Å²) in [6.45, 7) is 0. The molecule has 1 aromatic carbocycles. The summed E-state index contributed by atoms with van der Waals surface area (Å²) in [4.78, 5) is 24.8. The van der Waals surface area contributed by atoms with Gasteiger partial charge < -0.3 is 5.11 Å². The van der Waals surface area contributed by atoms with Crippen LogP contribution in [-0.2, 0) is 13.5 Å². The number of carboxylic acid groups (broad SMARTS) is 1. The van der Waals surface area contributed by atoms with Crippen LogP contribution in [0.25, 0.3) is 0 Å². The lowest BCUT2D eigenvalue weighted by atomic mass is 10.1. The minimum atomic E-state index is -1.16. The Labute approximate surface area is 108 Å². The Hall–Kier alpha value is -2.01. The van der Waals surface area contributed by atoms with Gasteiger partial charge in [0.25, 0.3) is 0 Å². The van der Waals surface area contributed by atoms with Crippen molar-refractivity contribution in [2.45, 2.75) is 6.42 Å². The van der Waals surface area contributed by atoms with Crippen LogP contribution in [0, 0.1) is 0 Å². The van der Waals surface area contributed by atoms with Gasteiger partial charge in [0.05, 0.1) is 5.69 Å². The molecular formula is C12H11ClN2O3. The largest absolute Gasteiger partial charge is 0.477 e. The normalized spacial score (nSPS) is 10.6. The number of H-pyrrole nitrogens is 1. The quantitative estimate of drug-likeness (QED) is 0.887. The molecular weight excluding hydrogens is 256 g/mol. The molecule has 0 radical (unpaired) electrons. The first-order valence-electron chi connectivity index (χ1n) is 5.25. The van der Waals surface area contributed by atoms with Gasteiger partial charge in [-0.15, -0.1) is 0 Å². The maximum Gasteiger partial charge on any atom is 0.354 e. The first-order valence-corrected chi connectivity index (χ1v) is 5.63. The van der Waals surface area contributed by atoms with Crippen molar-refractivity contribution in [2.75, 3.05) is 0 Å². The molecule has 0 aliphatic rings. The molecule has 1 aromatic heterocycles. The van der Waals surface area contributed by atoms with Crippen molar-refractivity contribution in [1.29, 1.82) is 0 Å². The summed E-state index contributed by atoms with van der Waals surface area (Å²) in [5.41, 5.74) is 0.633. The van der Waals surface area contributed by atoms with Gasteiger partial charge in [-0.05, 0) is 11.6 Å². The smallest absolute Gasteiger partial charge is 0.354 e. The van der Waals surface area contributed by atoms with Crippen LogP contribution < -0.4 is 5.69 Å². The molecule has 18 heavy (non-hydrogen) atoms. The predicted molar refractivity (Wildman–Crippen MR) is 67.3 cm³/mol. The zero-order valence-corrected chi connectivity index (χ0v) is 10.4. The number of carboxylic acids is 1. The maximum absolute atomic E-state index is 11.5. The van der Waals surface area contributed by atoms with Crippen LogP contribution in [0.15, 0.2) is 29.1 Å². The molecule has 2 rings (SSSR count). The van der Waals surface area contributed by atoms with E-state index in [-0.39, 0.29) is 12.1 Å². The lowest BCUT2D eigenvalue weighted by Gasteiger charge is -2.05. The number of nitrogens with one attached hydrogen (secondary N) is 1. The molecule has 0 fully saturated rings. The molecule has 1 heterocycles. The van der Waals surface area contributed by atoms with Gasteiger partial charge in [-0.25, -0.2) is 9.59 Å². The molecule has 0 atom stereocenters. The fourth-order valence-electron chi connectivity index (χ4n) is 1.76. The molecule has 0 amide bonds. The standard InChI is InChI=1S/C12H11ClN2O3/c1-15-9(10(11(16)17)14-12(15)18)6-7-4-2-3-5-8(7)13/h2-5H,6H2,1H3,(H,14,18)(H,16,17). The number of benzene rings is 1. The summed E-state index contributed by atoms with van der Waals surface area (Å²) >= 11 is 6.02. The Kier molecular flexibility index (Phi) is 3.25. The number of carbonyl (C=O) groups is 1. The zero-order valence-electron chi connectivity index (χ0n) is 9.61. The van der Waals surface area contributed by atoms with Crippen molar-refractivity contribution in [2.24, 2.45) is 7.05 Å². The molecule has 2 N–H and O–H groups in total. The molecule has 0 saturated carbocycles. The van der Waals surface area contributed by atoms with Crippen molar-refractivity contribution in [3.63, 3.8) is 0 Å². The van der Waals surface area contributed by atoms with Crippen molar-refractivity contribution in [3.05, 3.63) is 56.7 Å². The highest BCUT2D eigenvalue weighted by Gasteiger charge is 2.18. The van der Waals surface area contributed by atoms with E-state index in [1.54, 1.807) is 18.2 Å². The number of hydrogen-bond acceptors (Lipinski definition) is 2. The second-order valence-corrected chi connectivity index (χ2v) is 4.29. The van der Waals surface area contributed by atoms with Crippen LogP contribution in [0.1, 0.15) is 21.7 Å². The number of aromatic amines is 1. The number of nitrogens with zero attached hydrogens (tertiary/aromatic N) is 1. The van der Waals surface area contributed by atoms with Gasteiger partial charge in [0.15, 0.2) is 0 Å². The molecule has 0 spiro atoms. The first-order chi connectivity index (χ1) is 8.50. The van der Waals surface area contributed by atoms with E-state index in [1.165, 1.54) is 11.6 Å². The average Bonchev–Trinajstić information content (AvgIpc) is 2.60. The van der Waals surface area contributed by atoms with Crippen molar-refractivity contribution in [3.8, 4) is 0 Å². The third kappa shape index (κ3) is 2.17. The summed E-state index contributed by atoms with van der Waals surface area (Å²) in [6.07, 6.45) is 0.288. The van der Waals surface area contributed by atoms with E-state index in [1.807, 2.05) is 6.07 Å². The number of aromatic nitrogens is 2. The number of halogens is 1. The SMILES string of the molecule is Cn1c(Cc2ccccc2Cl)c(C(=O)O)[nH]c1=O. The Morgan fingerprint density at radius 2 is 2.11 bits per heavy atom. The van der Waals surface area contributed by atoms with Crippen LogP contribution >= 0.6 is 11.6 Å². The highest BCUT2D eigenvalue weighted by molar-refractivity contribution is 6.31. The Balaban J connectivity index is 2.50. The Morgan fingerprint density at radius 3 is 2.72 bits per heavy atom. The van der Waals surface area contributed by atoms with Crippen LogP contribution in [0.2, 0.25) is 5.02 Å². The van der Waals surface area contributed by atoms with Crippen molar-refractivity contribution < 1.29 is 9.90 Å². The molecule has 2 aromatic rings. The van der Waals surface area contributed by atoms with Gasteiger partial charge in [-0.2, -0.15) is 0 Å². The van der Waals surface area contributed by atoms with E-state index >= 15 is 0 Å². The van der Waals surface area contributed by atoms with Gasteiger partial charge in [0, 0.05) is 18.5 Å². The minimum Gasteiger partial charge on any atom is -0.477 e. The molecule has 0 aliphatic heterocycles. The van der Waals surface area contributed by atoms with Crippen molar-refractivity contribution in [1.82, 2.24) is 9.55 Å². The van der Waals surface area contributed by atoms with E-state index < -0.39 is 11.7 Å². The second-order valence-electron chi connectivity index (χ2n) is 3.88. The second kappa shape index (κ2) is 4.70. The summed E-state index contributed by atoms with van der Waals surface area (Å²) in [7, 11) is 1.53. The topological polar surface area (TPSA) is 75.1 Å². The van der Waals surface area contributed by atoms with Crippen LogP contribution in [-0.4, -0.2) is 20.6 Å². The first kappa shape index (κ1) is 12.4. The van der Waals surface area contributed by atoms with Crippen LogP contribution in [0.5, 0.6) is 0 Å². The lowest BCUT2D eigenvalue weighted by molar-refractivity contribution is 0.0689. The number of rotatable bonds is 3. The summed E-state index contributed by atoms with van der Waals surface area (Å²) < 4.78 is 1.28. The summed E-state index contributed by atoms with van der Waals surface area (Å²) in [6, 6.07) is 7.13. The van der Waals surface area contributed by atoms with Gasteiger partial charge in [-0.3, -0.25) is 9.55 Å². The van der Waals surface area contributed by atoms with Crippen LogP contribution in [0.3, 0.4) is 0 Å². The van der Waals surface area contributed by atoms with Gasteiger partial charge in [0.1, 0.15) is 5.69 Å². The highest BCUT2D eigenvalue weighted by Crippen LogP contribution is 2.19. The summed E-state index contributed by atoms with van der Waals surface area (Å²) in [5, 5.41) is 9.58. The van der Waals surface area contributed by atoms with E-state index in [9.17, 15) is 9.59 Å². The number of aromatic carboxylic acids is 1. The molecule has 0 saturated heterocycles. The van der Waals surface area contributed by atoms with E-state index in [4.69, 9.17) is 16.7 Å². The summed E-state index contributed by atoms with van der Waals surface area (Å²) in [5.74, 6) is -1.16. The van der Waals surface area contributed by atoms with E-state index in [0.29, 0.717) is 10.7 Å². The van der Waals surface area contributed by atoms with Crippen LogP contribution in [0.4, 0.5) is 0 Å². The zero-order chi connectivity index (χ0) is 13.3. The third-order valence-electron chi connectivity index (χ3n) is 2.76. The van der Waals surface area contributed by atoms with E-state index in [2.05, 4.69) is 4.98 Å². The van der Waals surface area contributed by atoms with Crippen molar-refractivity contribution >= 4 is 17.6 Å². The molecule has 94 valence electrons. The van der Waals surface area contributed by atoms with Gasteiger partial charge in [0.2, 0.25) is 0 Å². The van der Waals surface area contributed by atoms with Gasteiger partial charge >= 0.3 is 11.7 Å². The fraction of sp³-hybridized carbons (Fsp3) is 0.167. The number of hydrogen-bond donors (Lipinski definition) is 2. The maximum atomic E-state index is 11.5. The van der Waals surface area contributed by atoms with E-state index in [0.717, 1.165) is 5.56 Å². The molecule has 0 bridgehead atoms. The monoisotopic (exact) mass is 266 g/mol. The third-order valence-corrected chi connectivity index (χ3v) is 3.13. The van der Waals surface area contributed by atoms with Gasteiger partial charge in [-0.1, -0.05) is 29.8 Å². The Morgan fingerprint density at radius 1 is 1.44 bits per heavy atom. The number of imidazole rings is 1. The lowest BCUT2D eigenvalue weighted by Crippen LogP contribution is -2.14. The molecule has 5 nitrogen and oxygen atoms in total. The molecule has 6 heteroatoms. The molecule has 0 unspecified atom stereocenters. The highest BCUT2D eigenvalue weighted by atomic mass is 35.5. The minimum absolute atomic E-state index is 0.0950.